The summed E-state index contributed by atoms with van der Waals surface area (Å²) in [4.78, 5) is 32.0. The van der Waals surface area contributed by atoms with Gasteiger partial charge in [-0.15, -0.1) is 0 Å². The lowest BCUT2D eigenvalue weighted by Gasteiger charge is -2.03. The minimum atomic E-state index is -0.555. The average Bonchev–Trinajstić information content (AvgIpc) is 2.20. The lowest BCUT2D eigenvalue weighted by atomic mass is 10.2. The number of aryl methyl sites for hydroxylation is 1. The maximum atomic E-state index is 11.3. The van der Waals surface area contributed by atoms with Crippen LogP contribution >= 0.6 is 0 Å². The molecule has 0 radical (unpaired) electrons. The monoisotopic (exact) mass is 224 g/mol. The number of carbonyl (C=O) groups is 1. The second-order valence-corrected chi connectivity index (χ2v) is 3.48. The van der Waals surface area contributed by atoms with Gasteiger partial charge in [-0.1, -0.05) is 0 Å². The summed E-state index contributed by atoms with van der Waals surface area (Å²) in [5, 5.41) is 10.5. The van der Waals surface area contributed by atoms with Crippen molar-refractivity contribution in [1.29, 1.82) is 0 Å². The van der Waals surface area contributed by atoms with Crippen LogP contribution in [0.15, 0.2) is 23.1 Å². The fourth-order valence-corrected chi connectivity index (χ4v) is 1.30. The first-order valence-electron chi connectivity index (χ1n) is 4.85. The molecule has 0 aliphatic carbocycles. The molecule has 6 heteroatoms. The fraction of sp³-hybridized carbons (Fsp3) is 0.400. The van der Waals surface area contributed by atoms with Crippen LogP contribution in [0.1, 0.15) is 19.8 Å². The Morgan fingerprint density at radius 2 is 2.19 bits per heavy atom. The lowest BCUT2D eigenvalue weighted by Crippen LogP contribution is -2.19. The molecule has 0 unspecified atom stereocenters. The van der Waals surface area contributed by atoms with E-state index in [1.54, 1.807) is 0 Å². The van der Waals surface area contributed by atoms with Gasteiger partial charge in [0, 0.05) is 25.1 Å². The van der Waals surface area contributed by atoms with E-state index in [4.69, 9.17) is 0 Å². The van der Waals surface area contributed by atoms with Crippen LogP contribution in [0.3, 0.4) is 0 Å². The average molecular weight is 224 g/mol. The highest BCUT2D eigenvalue weighted by Crippen LogP contribution is 2.07. The largest absolute Gasteiger partial charge is 0.309 e. The van der Waals surface area contributed by atoms with Crippen LogP contribution in [0.2, 0.25) is 0 Å². The maximum absolute atomic E-state index is 11.3. The van der Waals surface area contributed by atoms with Gasteiger partial charge in [-0.05, 0) is 13.3 Å². The number of Topliss-reactive ketones (excluding diaryl/α,β-unsaturated/α-hetero) is 1. The van der Waals surface area contributed by atoms with Gasteiger partial charge < -0.3 is 9.36 Å². The van der Waals surface area contributed by atoms with Crippen LogP contribution in [0.5, 0.6) is 0 Å². The lowest BCUT2D eigenvalue weighted by molar-refractivity contribution is -0.385. The molecule has 1 heterocycles. The maximum Gasteiger partial charge on any atom is 0.285 e. The third-order valence-electron chi connectivity index (χ3n) is 2.11. The molecule has 0 saturated heterocycles. The highest BCUT2D eigenvalue weighted by Gasteiger charge is 2.07. The van der Waals surface area contributed by atoms with E-state index in [1.165, 1.54) is 23.8 Å². The number of aromatic nitrogens is 1. The molecule has 1 aromatic rings. The van der Waals surface area contributed by atoms with Crippen LogP contribution in [0, 0.1) is 10.1 Å². The Kier molecular flexibility index (Phi) is 3.93. The molecule has 86 valence electrons. The number of hydrogen-bond acceptors (Lipinski definition) is 4. The number of hydrogen-bond donors (Lipinski definition) is 0. The summed E-state index contributed by atoms with van der Waals surface area (Å²) in [6.45, 7) is 1.79. The molecule has 0 atom stereocenters. The van der Waals surface area contributed by atoms with E-state index in [2.05, 4.69) is 0 Å². The van der Waals surface area contributed by atoms with E-state index in [0.717, 1.165) is 6.07 Å². The normalized spacial score (nSPS) is 10.1. The molecule has 1 rings (SSSR count). The zero-order valence-corrected chi connectivity index (χ0v) is 8.88. The molecule has 0 saturated carbocycles. The van der Waals surface area contributed by atoms with E-state index < -0.39 is 4.92 Å². The minimum Gasteiger partial charge on any atom is -0.309 e. The molecule has 0 amide bonds. The van der Waals surface area contributed by atoms with Crippen molar-refractivity contribution >= 4 is 11.5 Å². The number of rotatable bonds is 5. The molecule has 0 N–H and O–H groups in total. The SMILES string of the molecule is CC(=O)CCCn1cc([N+](=O)[O-])ccc1=O. The van der Waals surface area contributed by atoms with Gasteiger partial charge in [-0.2, -0.15) is 0 Å². The van der Waals surface area contributed by atoms with Gasteiger partial charge >= 0.3 is 0 Å². The van der Waals surface area contributed by atoms with Crippen molar-refractivity contribution in [3.05, 3.63) is 38.8 Å². The first-order valence-corrected chi connectivity index (χ1v) is 4.85. The molecule has 1 aromatic heterocycles. The van der Waals surface area contributed by atoms with Crippen molar-refractivity contribution in [2.75, 3.05) is 0 Å². The van der Waals surface area contributed by atoms with Crippen LogP contribution in [0.4, 0.5) is 5.69 Å². The topological polar surface area (TPSA) is 82.2 Å². The molecule has 0 aliphatic rings. The Morgan fingerprint density at radius 1 is 1.50 bits per heavy atom. The molecule has 0 bridgehead atoms. The predicted molar refractivity (Wildman–Crippen MR) is 57.3 cm³/mol. The van der Waals surface area contributed by atoms with Crippen LogP contribution in [0.25, 0.3) is 0 Å². The first-order chi connectivity index (χ1) is 7.50. The summed E-state index contributed by atoms with van der Waals surface area (Å²) < 4.78 is 1.25. The number of ketones is 1. The van der Waals surface area contributed by atoms with E-state index in [0.29, 0.717) is 19.4 Å². The Hall–Kier alpha value is -1.98. The second-order valence-electron chi connectivity index (χ2n) is 3.48. The zero-order valence-electron chi connectivity index (χ0n) is 8.88. The van der Waals surface area contributed by atoms with Crippen molar-refractivity contribution in [3.63, 3.8) is 0 Å². The van der Waals surface area contributed by atoms with Crippen molar-refractivity contribution < 1.29 is 9.72 Å². The Balaban J connectivity index is 2.78. The number of carbonyl (C=O) groups excluding carboxylic acids is 1. The molecule has 0 aromatic carbocycles. The van der Waals surface area contributed by atoms with Gasteiger partial charge in [0.05, 0.1) is 11.1 Å². The molecule has 0 fully saturated rings. The molecular formula is C10H12N2O4. The zero-order chi connectivity index (χ0) is 12.1. The molecule has 16 heavy (non-hydrogen) atoms. The third kappa shape index (κ3) is 3.30. The van der Waals surface area contributed by atoms with E-state index in [-0.39, 0.29) is 17.0 Å². The summed E-state index contributed by atoms with van der Waals surface area (Å²) in [5.74, 6) is 0.0403. The minimum absolute atomic E-state index is 0.0403. The Labute approximate surface area is 91.7 Å². The first kappa shape index (κ1) is 12.1. The molecular weight excluding hydrogens is 212 g/mol. The number of nitrogens with zero attached hydrogens (tertiary/aromatic N) is 2. The second kappa shape index (κ2) is 5.20. The van der Waals surface area contributed by atoms with E-state index >= 15 is 0 Å². The Bertz CT molecular complexity index is 464. The van der Waals surface area contributed by atoms with Crippen molar-refractivity contribution in [1.82, 2.24) is 4.57 Å². The highest BCUT2D eigenvalue weighted by molar-refractivity contribution is 5.75. The molecule has 0 spiro atoms. The quantitative estimate of drug-likeness (QED) is 0.554. The van der Waals surface area contributed by atoms with Crippen molar-refractivity contribution in [2.24, 2.45) is 0 Å². The van der Waals surface area contributed by atoms with Gasteiger partial charge in [0.1, 0.15) is 5.78 Å². The van der Waals surface area contributed by atoms with Crippen LogP contribution in [-0.2, 0) is 11.3 Å². The van der Waals surface area contributed by atoms with E-state index in [1.807, 2.05) is 0 Å². The number of pyridine rings is 1. The summed E-state index contributed by atoms with van der Waals surface area (Å²) in [7, 11) is 0. The van der Waals surface area contributed by atoms with Gasteiger partial charge in [-0.3, -0.25) is 14.9 Å². The summed E-state index contributed by atoms with van der Waals surface area (Å²) in [5.41, 5.74) is -0.420. The summed E-state index contributed by atoms with van der Waals surface area (Å²) >= 11 is 0. The van der Waals surface area contributed by atoms with Gasteiger partial charge in [0.15, 0.2) is 0 Å². The van der Waals surface area contributed by atoms with Crippen LogP contribution < -0.4 is 5.56 Å². The standard InChI is InChI=1S/C10H12N2O4/c1-8(13)3-2-6-11-7-9(12(15)16)4-5-10(11)14/h4-5,7H,2-3,6H2,1H3. The van der Waals surface area contributed by atoms with Gasteiger partial charge in [-0.25, -0.2) is 0 Å². The fourth-order valence-electron chi connectivity index (χ4n) is 1.30. The highest BCUT2D eigenvalue weighted by atomic mass is 16.6. The van der Waals surface area contributed by atoms with Gasteiger partial charge in [0.25, 0.3) is 11.2 Å². The molecule has 0 aliphatic heterocycles. The predicted octanol–water partition coefficient (Wildman–Crippen LogP) is 1.13. The van der Waals surface area contributed by atoms with E-state index in [9.17, 15) is 19.7 Å². The van der Waals surface area contributed by atoms with Crippen molar-refractivity contribution in [2.45, 2.75) is 26.3 Å². The van der Waals surface area contributed by atoms with Crippen LogP contribution in [-0.4, -0.2) is 15.3 Å². The van der Waals surface area contributed by atoms with Gasteiger partial charge in [0.2, 0.25) is 0 Å². The summed E-state index contributed by atoms with van der Waals surface area (Å²) in [6.07, 6.45) is 2.08. The number of nitro groups is 1. The third-order valence-corrected chi connectivity index (χ3v) is 2.11. The molecule has 6 nitrogen and oxygen atoms in total. The Morgan fingerprint density at radius 3 is 2.75 bits per heavy atom. The smallest absolute Gasteiger partial charge is 0.285 e. The summed E-state index contributed by atoms with van der Waals surface area (Å²) in [6, 6.07) is 2.33. The van der Waals surface area contributed by atoms with Crippen molar-refractivity contribution in [3.8, 4) is 0 Å².